The van der Waals surface area contributed by atoms with Crippen LogP contribution in [-0.4, -0.2) is 31.1 Å². The number of thiophene rings is 1. The topological polar surface area (TPSA) is 15.3 Å². The Kier molecular flexibility index (Phi) is 3.76. The average molecular weight is 316 g/mol. The molecule has 2 aliphatic rings. The van der Waals surface area contributed by atoms with E-state index in [2.05, 4.69) is 22.3 Å². The summed E-state index contributed by atoms with van der Waals surface area (Å²) in [4.78, 5) is 5.11. The third-order valence-electron chi connectivity index (χ3n) is 5.00. The standard InChI is InChI=1S/C18H21FN2S/c19-15-3-1-2-14(10-15)17-5-4-16(22-17)11-21-9-7-18(13-21)6-8-20-12-18/h1-5,10,20H,6-9,11-13H2. The summed E-state index contributed by atoms with van der Waals surface area (Å²) in [5.74, 6) is -0.164. The van der Waals surface area contributed by atoms with E-state index in [-0.39, 0.29) is 5.82 Å². The van der Waals surface area contributed by atoms with Crippen molar-refractivity contribution in [3.63, 3.8) is 0 Å². The van der Waals surface area contributed by atoms with E-state index < -0.39 is 0 Å². The molecule has 0 amide bonds. The molecule has 3 heterocycles. The largest absolute Gasteiger partial charge is 0.316 e. The van der Waals surface area contributed by atoms with Crippen molar-refractivity contribution in [1.29, 1.82) is 0 Å². The van der Waals surface area contributed by atoms with Gasteiger partial charge in [0.2, 0.25) is 0 Å². The summed E-state index contributed by atoms with van der Waals surface area (Å²) in [6.07, 6.45) is 2.64. The minimum absolute atomic E-state index is 0.164. The summed E-state index contributed by atoms with van der Waals surface area (Å²) < 4.78 is 13.3. The van der Waals surface area contributed by atoms with Gasteiger partial charge < -0.3 is 5.32 Å². The van der Waals surface area contributed by atoms with Gasteiger partial charge in [0.1, 0.15) is 5.82 Å². The second-order valence-electron chi connectivity index (χ2n) is 6.66. The van der Waals surface area contributed by atoms with Crippen LogP contribution in [0.4, 0.5) is 4.39 Å². The maximum Gasteiger partial charge on any atom is 0.123 e. The zero-order valence-electron chi connectivity index (χ0n) is 12.6. The van der Waals surface area contributed by atoms with E-state index in [1.807, 2.05) is 6.07 Å². The lowest BCUT2D eigenvalue weighted by molar-refractivity contribution is 0.270. The fourth-order valence-electron chi connectivity index (χ4n) is 3.79. The molecular weight excluding hydrogens is 295 g/mol. The van der Waals surface area contributed by atoms with E-state index >= 15 is 0 Å². The highest BCUT2D eigenvalue weighted by Crippen LogP contribution is 2.37. The molecule has 2 aromatic rings. The van der Waals surface area contributed by atoms with Gasteiger partial charge in [0, 0.05) is 29.4 Å². The van der Waals surface area contributed by atoms with Crippen molar-refractivity contribution < 1.29 is 4.39 Å². The highest BCUT2D eigenvalue weighted by atomic mass is 32.1. The van der Waals surface area contributed by atoms with Crippen LogP contribution < -0.4 is 5.32 Å². The van der Waals surface area contributed by atoms with Gasteiger partial charge in [-0.1, -0.05) is 12.1 Å². The minimum Gasteiger partial charge on any atom is -0.316 e. The molecule has 0 radical (unpaired) electrons. The van der Waals surface area contributed by atoms with Gasteiger partial charge in [-0.3, -0.25) is 4.90 Å². The first-order chi connectivity index (χ1) is 10.7. The molecule has 1 N–H and O–H groups in total. The van der Waals surface area contributed by atoms with Gasteiger partial charge in [-0.25, -0.2) is 4.39 Å². The van der Waals surface area contributed by atoms with E-state index in [1.165, 1.54) is 50.0 Å². The van der Waals surface area contributed by atoms with Crippen molar-refractivity contribution in [1.82, 2.24) is 10.2 Å². The molecule has 2 aliphatic heterocycles. The lowest BCUT2D eigenvalue weighted by atomic mass is 9.87. The number of nitrogens with one attached hydrogen (secondary N) is 1. The smallest absolute Gasteiger partial charge is 0.123 e. The van der Waals surface area contributed by atoms with E-state index in [1.54, 1.807) is 23.5 Å². The number of likely N-dealkylation sites (tertiary alicyclic amines) is 1. The van der Waals surface area contributed by atoms with Crippen LogP contribution in [0.15, 0.2) is 36.4 Å². The Balaban J connectivity index is 1.44. The Hall–Kier alpha value is -1.23. The Morgan fingerprint density at radius 1 is 1.23 bits per heavy atom. The van der Waals surface area contributed by atoms with Crippen molar-refractivity contribution in [3.05, 3.63) is 47.1 Å². The second kappa shape index (κ2) is 5.76. The van der Waals surface area contributed by atoms with Gasteiger partial charge in [-0.15, -0.1) is 11.3 Å². The normalized spacial score (nSPS) is 25.3. The maximum absolute atomic E-state index is 13.3. The quantitative estimate of drug-likeness (QED) is 0.928. The van der Waals surface area contributed by atoms with E-state index in [9.17, 15) is 4.39 Å². The fourth-order valence-corrected chi connectivity index (χ4v) is 4.83. The van der Waals surface area contributed by atoms with E-state index in [0.29, 0.717) is 5.41 Å². The summed E-state index contributed by atoms with van der Waals surface area (Å²) in [5, 5.41) is 3.51. The predicted octanol–water partition coefficient (Wildman–Crippen LogP) is 3.74. The zero-order chi connectivity index (χ0) is 15.0. The van der Waals surface area contributed by atoms with Gasteiger partial charge in [-0.05, 0) is 61.2 Å². The summed E-state index contributed by atoms with van der Waals surface area (Å²) in [7, 11) is 0. The molecule has 1 spiro atoms. The van der Waals surface area contributed by atoms with Gasteiger partial charge in [0.15, 0.2) is 0 Å². The highest BCUT2D eigenvalue weighted by molar-refractivity contribution is 7.15. The van der Waals surface area contributed by atoms with E-state index in [4.69, 9.17) is 0 Å². The Bertz CT molecular complexity index is 661. The van der Waals surface area contributed by atoms with Crippen molar-refractivity contribution in [3.8, 4) is 10.4 Å². The molecule has 4 heteroatoms. The van der Waals surface area contributed by atoms with Crippen LogP contribution in [0, 0.1) is 11.2 Å². The molecular formula is C18H21FN2S. The van der Waals surface area contributed by atoms with Crippen molar-refractivity contribution in [2.24, 2.45) is 5.41 Å². The number of hydrogen-bond acceptors (Lipinski definition) is 3. The summed E-state index contributed by atoms with van der Waals surface area (Å²) in [6, 6.07) is 11.2. The van der Waals surface area contributed by atoms with Crippen LogP contribution in [0.1, 0.15) is 17.7 Å². The Morgan fingerprint density at radius 3 is 3.00 bits per heavy atom. The monoisotopic (exact) mass is 316 g/mol. The summed E-state index contributed by atoms with van der Waals surface area (Å²) >= 11 is 1.79. The third-order valence-corrected chi connectivity index (χ3v) is 6.12. The third kappa shape index (κ3) is 2.83. The molecule has 0 bridgehead atoms. The fraction of sp³-hybridized carbons (Fsp3) is 0.444. The Labute approximate surface area is 135 Å². The predicted molar refractivity (Wildman–Crippen MR) is 89.5 cm³/mol. The zero-order valence-corrected chi connectivity index (χ0v) is 13.5. The first kappa shape index (κ1) is 14.4. The first-order valence-corrected chi connectivity index (χ1v) is 8.82. The number of halogens is 1. The Morgan fingerprint density at radius 2 is 2.18 bits per heavy atom. The number of hydrogen-bond donors (Lipinski definition) is 1. The number of nitrogens with zero attached hydrogens (tertiary/aromatic N) is 1. The summed E-state index contributed by atoms with van der Waals surface area (Å²) in [6.45, 7) is 5.81. The molecule has 2 fully saturated rings. The average Bonchev–Trinajstić information content (AvgIpc) is 3.23. The molecule has 4 rings (SSSR count). The van der Waals surface area contributed by atoms with Crippen LogP contribution >= 0.6 is 11.3 Å². The maximum atomic E-state index is 13.3. The lowest BCUT2D eigenvalue weighted by Gasteiger charge is -2.22. The SMILES string of the molecule is Fc1cccc(-c2ccc(CN3CCC4(CCNC4)C3)s2)c1. The van der Waals surface area contributed by atoms with Crippen LogP contribution in [0.5, 0.6) is 0 Å². The first-order valence-electron chi connectivity index (χ1n) is 8.00. The van der Waals surface area contributed by atoms with Crippen molar-refractivity contribution in [2.45, 2.75) is 19.4 Å². The summed E-state index contributed by atoms with van der Waals surface area (Å²) in [5.41, 5.74) is 1.51. The van der Waals surface area contributed by atoms with Gasteiger partial charge in [-0.2, -0.15) is 0 Å². The van der Waals surface area contributed by atoms with Gasteiger partial charge >= 0.3 is 0 Å². The molecule has 1 aromatic heterocycles. The van der Waals surface area contributed by atoms with Crippen LogP contribution in [0.2, 0.25) is 0 Å². The lowest BCUT2D eigenvalue weighted by Crippen LogP contribution is -2.28. The molecule has 1 unspecified atom stereocenters. The van der Waals surface area contributed by atoms with Gasteiger partial charge in [0.25, 0.3) is 0 Å². The molecule has 2 saturated heterocycles. The van der Waals surface area contributed by atoms with Gasteiger partial charge in [0.05, 0.1) is 0 Å². The van der Waals surface area contributed by atoms with Crippen LogP contribution in [0.3, 0.4) is 0 Å². The molecule has 1 atom stereocenters. The molecule has 2 nitrogen and oxygen atoms in total. The minimum atomic E-state index is -0.164. The highest BCUT2D eigenvalue weighted by Gasteiger charge is 2.40. The molecule has 116 valence electrons. The number of benzene rings is 1. The van der Waals surface area contributed by atoms with Crippen LogP contribution in [-0.2, 0) is 6.54 Å². The number of rotatable bonds is 3. The van der Waals surface area contributed by atoms with Crippen LogP contribution in [0.25, 0.3) is 10.4 Å². The molecule has 22 heavy (non-hydrogen) atoms. The molecule has 0 aliphatic carbocycles. The molecule has 0 saturated carbocycles. The second-order valence-corrected chi connectivity index (χ2v) is 7.83. The van der Waals surface area contributed by atoms with Crippen molar-refractivity contribution in [2.75, 3.05) is 26.2 Å². The van der Waals surface area contributed by atoms with E-state index in [0.717, 1.165) is 17.0 Å². The molecule has 1 aromatic carbocycles. The van der Waals surface area contributed by atoms with Crippen molar-refractivity contribution >= 4 is 11.3 Å².